The molecule has 0 spiro atoms. The second kappa shape index (κ2) is 27.9. The summed E-state index contributed by atoms with van der Waals surface area (Å²) < 4.78 is 0. The Balaban J connectivity index is -0.0000000403. The first-order valence-electron chi connectivity index (χ1n) is 3.60. The molecule has 0 saturated carbocycles. The number of halogens is 3. The molecule has 1 atom stereocenters. The zero-order valence-corrected chi connectivity index (χ0v) is 10.4. The first kappa shape index (κ1) is 42.8. The van der Waals surface area contributed by atoms with Crippen molar-refractivity contribution in [3.63, 3.8) is 0 Å². The second-order valence-corrected chi connectivity index (χ2v) is 2.43. The number of carboxylic acid groups (broad SMARTS) is 1. The number of nitrogens with two attached hydrogens (primary N) is 2. The Morgan fingerprint density at radius 1 is 1.33 bits per heavy atom. The van der Waals surface area contributed by atoms with Crippen LogP contribution in [0.5, 0.6) is 0 Å². The van der Waals surface area contributed by atoms with Gasteiger partial charge in [-0.25, -0.2) is 0 Å². The quantitative estimate of drug-likeness (QED) is 0.156. The van der Waals surface area contributed by atoms with Crippen LogP contribution in [0.1, 0.15) is 12.8 Å². The van der Waals surface area contributed by atoms with Gasteiger partial charge < -0.3 is 21.9 Å². The molecular weight excluding hydrogens is 354 g/mol. The molecule has 6 nitrogen and oxygen atoms in total. The second-order valence-electron chi connectivity index (χ2n) is 2.43. The van der Waals surface area contributed by atoms with Crippen molar-refractivity contribution in [2.75, 3.05) is 6.54 Å². The van der Waals surface area contributed by atoms with Gasteiger partial charge in [-0.1, -0.05) is 0 Å². The van der Waals surface area contributed by atoms with Crippen molar-refractivity contribution in [1.29, 1.82) is 5.41 Å². The SMILES string of the molecule is Cl.Cl.Cl.N=C(N)NCCCC(N)C(=O)O.[CaH2].[MgH2].[NaH]. The molecule has 0 bridgehead atoms. The molecule has 0 heterocycles. The van der Waals surface area contributed by atoms with Crippen molar-refractivity contribution >= 4 is 139 Å². The van der Waals surface area contributed by atoms with E-state index in [0.29, 0.717) is 19.4 Å². The van der Waals surface area contributed by atoms with E-state index in [2.05, 4.69) is 5.32 Å². The van der Waals surface area contributed by atoms with Crippen LogP contribution in [0.15, 0.2) is 0 Å². The van der Waals surface area contributed by atoms with E-state index in [1.807, 2.05) is 0 Å². The fourth-order valence-corrected chi connectivity index (χ4v) is 0.669. The Kier molecular flexibility index (Phi) is 66.2. The molecule has 7 N–H and O–H groups in total. The maximum atomic E-state index is 10.2. The normalized spacial score (nSPS) is 8.06. The van der Waals surface area contributed by atoms with Crippen LogP contribution in [-0.4, -0.2) is 120 Å². The zero-order chi connectivity index (χ0) is 9.56. The molecule has 0 radical (unpaired) electrons. The number of nitrogens with one attached hydrogen (secondary N) is 2. The van der Waals surface area contributed by atoms with E-state index in [-0.39, 0.29) is 134 Å². The monoisotopic (exact) mass is 374 g/mol. The Morgan fingerprint density at radius 3 is 2.00 bits per heavy atom. The van der Waals surface area contributed by atoms with Crippen LogP contribution in [0.25, 0.3) is 0 Å². The van der Waals surface area contributed by atoms with Crippen LogP contribution in [-0.2, 0) is 4.79 Å². The van der Waals surface area contributed by atoms with E-state index >= 15 is 0 Å². The van der Waals surface area contributed by atoms with Crippen molar-refractivity contribution in [1.82, 2.24) is 5.32 Å². The Bertz CT molecular complexity index is 198. The fraction of sp³-hybridized carbons (Fsp3) is 0.667. The summed E-state index contributed by atoms with van der Waals surface area (Å²) in [6.07, 6.45) is 0.975. The summed E-state index contributed by atoms with van der Waals surface area (Å²) in [6, 6.07) is -0.821. The summed E-state index contributed by atoms with van der Waals surface area (Å²) in [4.78, 5) is 10.2. The molecule has 12 heteroatoms. The first-order chi connectivity index (χ1) is 5.54. The average molecular weight is 376 g/mol. The molecule has 0 aliphatic rings. The molecule has 0 rings (SSSR count). The molecule has 0 aromatic rings. The van der Waals surface area contributed by atoms with Crippen LogP contribution >= 0.6 is 37.2 Å². The molecule has 1 unspecified atom stereocenters. The number of rotatable bonds is 5. The van der Waals surface area contributed by atoms with Gasteiger partial charge in [0.05, 0.1) is 0 Å². The van der Waals surface area contributed by atoms with E-state index in [0.717, 1.165) is 0 Å². The van der Waals surface area contributed by atoms with E-state index in [4.69, 9.17) is 22.0 Å². The maximum absolute atomic E-state index is 10.2. The van der Waals surface area contributed by atoms with Gasteiger partial charge in [0, 0.05) is 6.54 Å². The number of hydrogen-bond donors (Lipinski definition) is 5. The standard InChI is InChI=1S/C6H14N4O2.Ca.3ClH.Mg.Na.5H/c7-4(5(11)12)2-1-3-10-6(8)9;;;;;;;;;;;/h4H,1-3,7H2,(H,11,12)(H4,8,9,10);;3*1H;;;;;;;. The van der Waals surface area contributed by atoms with Gasteiger partial charge in [-0.3, -0.25) is 10.2 Å². The van der Waals surface area contributed by atoms with Crippen molar-refractivity contribution in [2.45, 2.75) is 18.9 Å². The molecule has 18 heavy (non-hydrogen) atoms. The molecule has 0 aromatic heterocycles. The number of hydrogen-bond acceptors (Lipinski definition) is 3. The summed E-state index contributed by atoms with van der Waals surface area (Å²) in [5.74, 6) is -1.11. The van der Waals surface area contributed by atoms with Crippen molar-refractivity contribution < 1.29 is 9.90 Å². The Hall–Kier alpha value is 2.60. The topological polar surface area (TPSA) is 125 Å². The number of guanidine groups is 1. The van der Waals surface area contributed by atoms with Crippen LogP contribution in [0.2, 0.25) is 0 Å². The van der Waals surface area contributed by atoms with E-state index in [9.17, 15) is 4.79 Å². The first-order valence-corrected chi connectivity index (χ1v) is 3.60. The predicted molar refractivity (Wildman–Crippen MR) is 90.7 cm³/mol. The van der Waals surface area contributed by atoms with Gasteiger partial charge in [0.25, 0.3) is 0 Å². The Labute approximate surface area is 194 Å². The number of carboxylic acids is 1. The van der Waals surface area contributed by atoms with Crippen LogP contribution in [0.3, 0.4) is 0 Å². The molecular formula is C6H22CaCl3MgN4NaO2. The van der Waals surface area contributed by atoms with Gasteiger partial charge in [-0.05, 0) is 12.8 Å². The fourth-order valence-electron chi connectivity index (χ4n) is 0.669. The molecule has 104 valence electrons. The number of carbonyl (C=O) groups is 1. The molecule has 0 amide bonds. The molecule has 0 aliphatic carbocycles. The third-order valence-electron chi connectivity index (χ3n) is 1.32. The van der Waals surface area contributed by atoms with Crippen molar-refractivity contribution in [3.8, 4) is 0 Å². The number of aliphatic carboxylic acids is 1. The van der Waals surface area contributed by atoms with Gasteiger partial charge in [0.2, 0.25) is 0 Å². The molecule has 0 saturated heterocycles. The zero-order valence-electron chi connectivity index (χ0n) is 7.93. The minimum absolute atomic E-state index is 0. The third kappa shape index (κ3) is 31.1. The van der Waals surface area contributed by atoms with E-state index in [1.54, 1.807) is 0 Å². The summed E-state index contributed by atoms with van der Waals surface area (Å²) >= 11 is 0. The molecule has 0 aliphatic heterocycles. The van der Waals surface area contributed by atoms with Gasteiger partial charge in [0.1, 0.15) is 6.04 Å². The van der Waals surface area contributed by atoms with Crippen molar-refractivity contribution in [2.24, 2.45) is 11.5 Å². The van der Waals surface area contributed by atoms with Crippen LogP contribution in [0.4, 0.5) is 0 Å². The van der Waals surface area contributed by atoms with Gasteiger partial charge in [-0.15, -0.1) is 37.2 Å². The summed E-state index contributed by atoms with van der Waals surface area (Å²) in [5, 5.41) is 17.7. The van der Waals surface area contributed by atoms with Gasteiger partial charge >= 0.3 is 96.3 Å². The van der Waals surface area contributed by atoms with Crippen molar-refractivity contribution in [3.05, 3.63) is 0 Å². The molecule has 0 fully saturated rings. The van der Waals surface area contributed by atoms with Crippen LogP contribution < -0.4 is 16.8 Å². The van der Waals surface area contributed by atoms with Gasteiger partial charge in [0.15, 0.2) is 5.96 Å². The molecule has 0 aromatic carbocycles. The third-order valence-corrected chi connectivity index (χ3v) is 1.32. The van der Waals surface area contributed by atoms with Crippen LogP contribution in [0, 0.1) is 5.41 Å². The van der Waals surface area contributed by atoms with E-state index in [1.165, 1.54) is 0 Å². The summed E-state index contributed by atoms with van der Waals surface area (Å²) in [5.41, 5.74) is 10.2. The predicted octanol–water partition coefficient (Wildman–Crippen LogP) is -2.55. The van der Waals surface area contributed by atoms with Gasteiger partial charge in [-0.2, -0.15) is 0 Å². The average Bonchev–Trinajstić information content (AvgIpc) is 1.97. The summed E-state index contributed by atoms with van der Waals surface area (Å²) in [7, 11) is 0. The Morgan fingerprint density at radius 2 is 1.72 bits per heavy atom. The summed E-state index contributed by atoms with van der Waals surface area (Å²) in [6.45, 7) is 0.482. The minimum atomic E-state index is -1.00. The van der Waals surface area contributed by atoms with E-state index < -0.39 is 12.0 Å².